The Morgan fingerprint density at radius 3 is 2.50 bits per heavy atom. The Hall–Kier alpha value is -2.69. The summed E-state index contributed by atoms with van der Waals surface area (Å²) >= 11 is 1.21. The first-order chi connectivity index (χ1) is 10.3. The van der Waals surface area contributed by atoms with E-state index in [-0.39, 0.29) is 17.2 Å². The highest BCUT2D eigenvalue weighted by Gasteiger charge is 2.37. The molecule has 10 nitrogen and oxygen atoms in total. The van der Waals surface area contributed by atoms with Crippen LogP contribution in [0.3, 0.4) is 0 Å². The summed E-state index contributed by atoms with van der Waals surface area (Å²) in [5.41, 5.74) is -1.61. The maximum atomic E-state index is 12.3. The maximum Gasteiger partial charge on any atom is 0.327 e. The molecule has 0 radical (unpaired) electrons. The van der Waals surface area contributed by atoms with Gasteiger partial charge in [-0.05, 0) is 6.07 Å². The van der Waals surface area contributed by atoms with Gasteiger partial charge in [0.1, 0.15) is 11.6 Å². The SMILES string of the molecule is O=C(O)[C@@H]1CSCN1C(=O)c1ccc([N+](=O)[O-])cc1[N+](=O)[O-]. The standard InChI is InChI=1S/C11H9N3O7S/c15-10(12-5-22-4-9(12)11(16)17)7-2-1-6(13(18)19)3-8(7)14(20)21/h1-3,9H,4-5H2,(H,16,17)/t9-/m0/s1. The number of carboxylic acid groups (broad SMARTS) is 1. The second-order valence-electron chi connectivity index (χ2n) is 4.34. The van der Waals surface area contributed by atoms with Crippen molar-refractivity contribution in [2.75, 3.05) is 11.6 Å². The van der Waals surface area contributed by atoms with Gasteiger partial charge in [0.25, 0.3) is 17.3 Å². The molecule has 1 heterocycles. The van der Waals surface area contributed by atoms with Crippen molar-refractivity contribution in [3.63, 3.8) is 0 Å². The molecular formula is C11H9N3O7S. The Labute approximate surface area is 127 Å². The summed E-state index contributed by atoms with van der Waals surface area (Å²) in [4.78, 5) is 44.4. The maximum absolute atomic E-state index is 12.3. The van der Waals surface area contributed by atoms with Crippen LogP contribution >= 0.6 is 11.8 Å². The number of carbonyl (C=O) groups excluding carboxylic acids is 1. The second-order valence-corrected chi connectivity index (χ2v) is 5.34. The highest BCUT2D eigenvalue weighted by molar-refractivity contribution is 7.99. The molecule has 1 aromatic carbocycles. The van der Waals surface area contributed by atoms with Gasteiger partial charge in [0.15, 0.2) is 0 Å². The monoisotopic (exact) mass is 327 g/mol. The van der Waals surface area contributed by atoms with Gasteiger partial charge in [0, 0.05) is 11.8 Å². The van der Waals surface area contributed by atoms with Crippen molar-refractivity contribution >= 4 is 35.0 Å². The summed E-state index contributed by atoms with van der Waals surface area (Å²) in [6.07, 6.45) is 0. The van der Waals surface area contributed by atoms with Crippen molar-refractivity contribution < 1.29 is 24.5 Å². The summed E-state index contributed by atoms with van der Waals surface area (Å²) in [5.74, 6) is -1.77. The van der Waals surface area contributed by atoms with Crippen LogP contribution in [0, 0.1) is 20.2 Å². The van der Waals surface area contributed by atoms with Crippen molar-refractivity contribution in [2.45, 2.75) is 6.04 Å². The zero-order valence-electron chi connectivity index (χ0n) is 10.9. The van der Waals surface area contributed by atoms with Crippen LogP contribution in [0.1, 0.15) is 10.4 Å². The number of thioether (sulfide) groups is 1. The number of nitrogens with zero attached hydrogens (tertiary/aromatic N) is 3. The Kier molecular flexibility index (Phi) is 4.26. The van der Waals surface area contributed by atoms with Gasteiger partial charge in [0.2, 0.25) is 0 Å². The van der Waals surface area contributed by atoms with Crippen LogP contribution < -0.4 is 0 Å². The molecule has 22 heavy (non-hydrogen) atoms. The predicted molar refractivity (Wildman–Crippen MR) is 74.7 cm³/mol. The number of hydrogen-bond donors (Lipinski definition) is 1. The van der Waals surface area contributed by atoms with Gasteiger partial charge in [0.05, 0.1) is 21.8 Å². The first-order valence-corrected chi connectivity index (χ1v) is 7.02. The Balaban J connectivity index is 2.43. The molecule has 1 saturated heterocycles. The van der Waals surface area contributed by atoms with Gasteiger partial charge >= 0.3 is 5.97 Å². The number of nitro benzene ring substituents is 2. The lowest BCUT2D eigenvalue weighted by molar-refractivity contribution is -0.394. The van der Waals surface area contributed by atoms with Gasteiger partial charge in [-0.1, -0.05) is 0 Å². The van der Waals surface area contributed by atoms with Gasteiger partial charge in [-0.25, -0.2) is 4.79 Å². The van der Waals surface area contributed by atoms with E-state index in [2.05, 4.69) is 0 Å². The van der Waals surface area contributed by atoms with E-state index in [0.29, 0.717) is 6.07 Å². The van der Waals surface area contributed by atoms with Crippen LogP contribution in [0.25, 0.3) is 0 Å². The number of amides is 1. The molecule has 1 aliphatic heterocycles. The normalized spacial score (nSPS) is 17.3. The van der Waals surface area contributed by atoms with Gasteiger partial charge in [-0.3, -0.25) is 25.0 Å². The smallest absolute Gasteiger partial charge is 0.327 e. The van der Waals surface area contributed by atoms with E-state index in [0.717, 1.165) is 17.0 Å². The first kappa shape index (κ1) is 15.7. The minimum Gasteiger partial charge on any atom is -0.480 e. The fourth-order valence-electron chi connectivity index (χ4n) is 1.97. The number of hydrogen-bond acceptors (Lipinski definition) is 7. The molecule has 1 aliphatic rings. The van der Waals surface area contributed by atoms with E-state index in [1.165, 1.54) is 11.8 Å². The van der Waals surface area contributed by atoms with Crippen molar-refractivity contribution in [3.8, 4) is 0 Å². The molecule has 1 N–H and O–H groups in total. The predicted octanol–water partition coefficient (Wildman–Crippen LogP) is 1.10. The minimum absolute atomic E-state index is 0.0872. The zero-order valence-corrected chi connectivity index (χ0v) is 11.7. The summed E-state index contributed by atoms with van der Waals surface area (Å²) in [7, 11) is 0. The Bertz CT molecular complexity index is 678. The fourth-order valence-corrected chi connectivity index (χ4v) is 3.11. The third kappa shape index (κ3) is 2.83. The first-order valence-electron chi connectivity index (χ1n) is 5.87. The van der Waals surface area contributed by atoms with Crippen LogP contribution in [-0.4, -0.2) is 49.4 Å². The highest BCUT2D eigenvalue weighted by Crippen LogP contribution is 2.29. The zero-order chi connectivity index (χ0) is 16.4. The number of carboxylic acids is 1. The van der Waals surface area contributed by atoms with Gasteiger partial charge in [-0.2, -0.15) is 0 Å². The highest BCUT2D eigenvalue weighted by atomic mass is 32.2. The molecule has 0 unspecified atom stereocenters. The summed E-state index contributed by atoms with van der Waals surface area (Å²) < 4.78 is 0. The van der Waals surface area contributed by atoms with E-state index in [1.807, 2.05) is 0 Å². The number of nitro groups is 2. The van der Waals surface area contributed by atoms with Crippen LogP contribution in [-0.2, 0) is 4.79 Å². The molecule has 1 amide bonds. The third-order valence-electron chi connectivity index (χ3n) is 3.05. The molecule has 1 atom stereocenters. The van der Waals surface area contributed by atoms with E-state index in [1.54, 1.807) is 0 Å². The molecule has 0 aromatic heterocycles. The molecule has 11 heteroatoms. The lowest BCUT2D eigenvalue weighted by Crippen LogP contribution is -2.41. The number of rotatable bonds is 4. The molecule has 2 rings (SSSR count). The Morgan fingerprint density at radius 1 is 1.27 bits per heavy atom. The largest absolute Gasteiger partial charge is 0.480 e. The lowest BCUT2D eigenvalue weighted by atomic mass is 10.1. The fraction of sp³-hybridized carbons (Fsp3) is 0.273. The summed E-state index contributed by atoms with van der Waals surface area (Å²) in [5, 5.41) is 30.7. The van der Waals surface area contributed by atoms with Gasteiger partial charge in [-0.15, -0.1) is 11.8 Å². The van der Waals surface area contributed by atoms with Gasteiger partial charge < -0.3 is 10.0 Å². The second kappa shape index (κ2) is 5.97. The van der Waals surface area contributed by atoms with E-state index >= 15 is 0 Å². The molecular weight excluding hydrogens is 318 g/mol. The molecule has 0 bridgehead atoms. The van der Waals surface area contributed by atoms with Crippen LogP contribution in [0.2, 0.25) is 0 Å². The number of carbonyl (C=O) groups is 2. The Morgan fingerprint density at radius 2 is 1.95 bits per heavy atom. The van der Waals surface area contributed by atoms with Crippen molar-refractivity contribution in [1.82, 2.24) is 4.90 Å². The lowest BCUT2D eigenvalue weighted by Gasteiger charge is -2.20. The molecule has 1 aromatic rings. The molecule has 116 valence electrons. The third-order valence-corrected chi connectivity index (χ3v) is 4.06. The van der Waals surface area contributed by atoms with E-state index < -0.39 is 39.1 Å². The molecule has 0 aliphatic carbocycles. The summed E-state index contributed by atoms with van der Waals surface area (Å²) in [6, 6.07) is 1.55. The quantitative estimate of drug-likeness (QED) is 0.639. The summed E-state index contributed by atoms with van der Waals surface area (Å²) in [6.45, 7) is 0. The average Bonchev–Trinajstić information content (AvgIpc) is 2.95. The minimum atomic E-state index is -1.21. The number of benzene rings is 1. The van der Waals surface area contributed by atoms with E-state index in [4.69, 9.17) is 5.11 Å². The number of non-ortho nitro benzene ring substituents is 1. The number of aliphatic carboxylic acids is 1. The van der Waals surface area contributed by atoms with Crippen LogP contribution in [0.15, 0.2) is 18.2 Å². The molecule has 0 spiro atoms. The van der Waals surface area contributed by atoms with Crippen molar-refractivity contribution in [3.05, 3.63) is 44.0 Å². The molecule has 0 saturated carbocycles. The van der Waals surface area contributed by atoms with Crippen LogP contribution in [0.5, 0.6) is 0 Å². The van der Waals surface area contributed by atoms with E-state index in [9.17, 15) is 29.8 Å². The molecule has 1 fully saturated rings. The van der Waals surface area contributed by atoms with Crippen molar-refractivity contribution in [1.29, 1.82) is 0 Å². The topological polar surface area (TPSA) is 144 Å². The van der Waals surface area contributed by atoms with Crippen LogP contribution in [0.4, 0.5) is 11.4 Å². The average molecular weight is 327 g/mol. The van der Waals surface area contributed by atoms with Crippen molar-refractivity contribution in [2.24, 2.45) is 0 Å².